The third-order valence-electron chi connectivity index (χ3n) is 2.18. The van der Waals surface area contributed by atoms with Crippen molar-refractivity contribution in [3.8, 4) is 0 Å². The van der Waals surface area contributed by atoms with Gasteiger partial charge in [0.1, 0.15) is 6.04 Å². The van der Waals surface area contributed by atoms with Gasteiger partial charge in [-0.15, -0.1) is 0 Å². The van der Waals surface area contributed by atoms with Crippen molar-refractivity contribution in [2.45, 2.75) is 18.9 Å². The van der Waals surface area contributed by atoms with Gasteiger partial charge >= 0.3 is 11.9 Å². The predicted octanol–water partition coefficient (Wildman–Crippen LogP) is 2.65. The van der Waals surface area contributed by atoms with Crippen molar-refractivity contribution in [2.24, 2.45) is 5.73 Å². The summed E-state index contributed by atoms with van der Waals surface area (Å²) in [6, 6.07) is 4.51. The van der Waals surface area contributed by atoms with Crippen LogP contribution in [0.25, 0.3) is 0 Å². The lowest BCUT2D eigenvalue weighted by molar-refractivity contribution is -0.174. The molecule has 2 N–H and O–H groups in total. The van der Waals surface area contributed by atoms with E-state index in [9.17, 15) is 13.6 Å². The highest BCUT2D eigenvalue weighted by Crippen LogP contribution is 2.34. The molecule has 94 valence electrons. The van der Waals surface area contributed by atoms with Crippen LogP contribution in [0.2, 0.25) is 0 Å². The summed E-state index contributed by atoms with van der Waals surface area (Å²) in [5.74, 6) is -5.36. The predicted molar refractivity (Wildman–Crippen MR) is 62.7 cm³/mol. The fourth-order valence-electron chi connectivity index (χ4n) is 1.28. The molecule has 17 heavy (non-hydrogen) atoms. The van der Waals surface area contributed by atoms with Gasteiger partial charge in [-0.25, -0.2) is 4.79 Å². The Morgan fingerprint density at radius 1 is 1.53 bits per heavy atom. The second-order valence-electron chi connectivity index (χ2n) is 3.34. The van der Waals surface area contributed by atoms with Gasteiger partial charge in [0.25, 0.3) is 0 Å². The minimum absolute atomic E-state index is 0.114. The maximum Gasteiger partial charge on any atom is 0.379 e. The van der Waals surface area contributed by atoms with E-state index in [2.05, 4.69) is 20.7 Å². The first-order valence-electron chi connectivity index (χ1n) is 4.96. The van der Waals surface area contributed by atoms with E-state index in [1.165, 1.54) is 13.0 Å². The van der Waals surface area contributed by atoms with Crippen LogP contribution >= 0.6 is 15.9 Å². The summed E-state index contributed by atoms with van der Waals surface area (Å²) in [6.07, 6.45) is 0. The van der Waals surface area contributed by atoms with E-state index in [-0.39, 0.29) is 12.2 Å². The van der Waals surface area contributed by atoms with Crippen molar-refractivity contribution in [2.75, 3.05) is 6.61 Å². The van der Waals surface area contributed by atoms with Gasteiger partial charge < -0.3 is 10.5 Å². The third-order valence-corrected chi connectivity index (χ3v) is 2.90. The van der Waals surface area contributed by atoms with E-state index in [0.29, 0.717) is 4.47 Å². The van der Waals surface area contributed by atoms with E-state index < -0.39 is 17.9 Å². The smallest absolute Gasteiger partial charge is 0.379 e. The number of carbonyl (C=O) groups is 1. The molecule has 3 nitrogen and oxygen atoms in total. The molecule has 0 aliphatic rings. The zero-order chi connectivity index (χ0) is 13.1. The van der Waals surface area contributed by atoms with Gasteiger partial charge in [-0.05, 0) is 18.6 Å². The van der Waals surface area contributed by atoms with Crippen molar-refractivity contribution in [1.82, 2.24) is 0 Å². The lowest BCUT2D eigenvalue weighted by Crippen LogP contribution is -2.41. The molecule has 1 atom stereocenters. The van der Waals surface area contributed by atoms with E-state index in [1.54, 1.807) is 18.2 Å². The number of hydrogen-bond donors (Lipinski definition) is 1. The topological polar surface area (TPSA) is 52.3 Å². The van der Waals surface area contributed by atoms with Gasteiger partial charge in [0, 0.05) is 4.47 Å². The Bertz CT molecular complexity index is 412. The van der Waals surface area contributed by atoms with E-state index >= 15 is 0 Å². The summed E-state index contributed by atoms with van der Waals surface area (Å²) < 4.78 is 32.0. The van der Waals surface area contributed by atoms with Crippen LogP contribution in [-0.4, -0.2) is 18.5 Å². The number of ether oxygens (including phenoxy) is 1. The Hall–Kier alpha value is -1.01. The fourth-order valence-corrected chi connectivity index (χ4v) is 1.81. The SMILES string of the molecule is CCOC(=O)C(F)(F)[C@H](N)c1ccccc1Br. The molecule has 0 saturated carbocycles. The van der Waals surface area contributed by atoms with Crippen LogP contribution in [0.15, 0.2) is 28.7 Å². The molecule has 0 aliphatic carbocycles. The first-order valence-corrected chi connectivity index (χ1v) is 5.75. The highest BCUT2D eigenvalue weighted by Gasteiger charge is 2.48. The maximum atomic E-state index is 13.6. The zero-order valence-corrected chi connectivity index (χ0v) is 10.7. The molecule has 0 aromatic heterocycles. The lowest BCUT2D eigenvalue weighted by Gasteiger charge is -2.22. The molecule has 1 rings (SSSR count). The van der Waals surface area contributed by atoms with Crippen LogP contribution in [0, 0.1) is 0 Å². The molecule has 0 bridgehead atoms. The van der Waals surface area contributed by atoms with Crippen molar-refractivity contribution in [3.63, 3.8) is 0 Å². The second kappa shape index (κ2) is 5.55. The van der Waals surface area contributed by atoms with Gasteiger partial charge in [-0.2, -0.15) is 8.78 Å². The highest BCUT2D eigenvalue weighted by atomic mass is 79.9. The molecular weight excluding hydrogens is 296 g/mol. The van der Waals surface area contributed by atoms with Crippen LogP contribution < -0.4 is 5.73 Å². The second-order valence-corrected chi connectivity index (χ2v) is 4.20. The molecule has 0 radical (unpaired) electrons. The van der Waals surface area contributed by atoms with E-state index in [4.69, 9.17) is 5.73 Å². The maximum absolute atomic E-state index is 13.6. The average molecular weight is 308 g/mol. The van der Waals surface area contributed by atoms with Gasteiger partial charge in [0.15, 0.2) is 0 Å². The van der Waals surface area contributed by atoms with Crippen molar-refractivity contribution in [1.29, 1.82) is 0 Å². The molecule has 1 aromatic rings. The minimum atomic E-state index is -3.75. The Balaban J connectivity index is 3.00. The molecule has 1 aromatic carbocycles. The quantitative estimate of drug-likeness (QED) is 0.870. The Kier molecular flexibility index (Phi) is 4.59. The molecule has 6 heteroatoms. The van der Waals surface area contributed by atoms with E-state index in [0.717, 1.165) is 0 Å². The van der Waals surface area contributed by atoms with Crippen molar-refractivity contribution in [3.05, 3.63) is 34.3 Å². The summed E-state index contributed by atoms with van der Waals surface area (Å²) in [5.41, 5.74) is 5.58. The van der Waals surface area contributed by atoms with Crippen LogP contribution in [0.3, 0.4) is 0 Å². The van der Waals surface area contributed by atoms with Crippen LogP contribution in [-0.2, 0) is 9.53 Å². The number of nitrogens with two attached hydrogens (primary N) is 1. The van der Waals surface area contributed by atoms with Gasteiger partial charge in [-0.1, -0.05) is 34.1 Å². The summed E-state index contributed by atoms with van der Waals surface area (Å²) in [4.78, 5) is 11.1. The minimum Gasteiger partial charge on any atom is -0.462 e. The zero-order valence-electron chi connectivity index (χ0n) is 9.12. The molecule has 0 spiro atoms. The molecule has 0 fully saturated rings. The van der Waals surface area contributed by atoms with Gasteiger partial charge in [0.2, 0.25) is 0 Å². The molecule has 0 heterocycles. The number of rotatable bonds is 4. The summed E-state index contributed by atoms with van der Waals surface area (Å²) in [5, 5.41) is 0. The Morgan fingerprint density at radius 2 is 2.12 bits per heavy atom. The normalized spacial score (nSPS) is 13.2. The molecule has 0 saturated heterocycles. The number of carbonyl (C=O) groups excluding carboxylic acids is 1. The molecule has 0 aliphatic heterocycles. The summed E-state index contributed by atoms with van der Waals surface area (Å²) in [6.45, 7) is 1.34. The number of alkyl halides is 2. The van der Waals surface area contributed by atoms with Gasteiger partial charge in [-0.3, -0.25) is 0 Å². The fraction of sp³-hybridized carbons (Fsp3) is 0.364. The van der Waals surface area contributed by atoms with E-state index in [1.807, 2.05) is 0 Å². The Labute approximate surface area is 106 Å². The first kappa shape index (κ1) is 14.1. The van der Waals surface area contributed by atoms with Crippen LogP contribution in [0.5, 0.6) is 0 Å². The number of esters is 1. The molecular formula is C11H12BrF2NO2. The molecule has 0 amide bonds. The Morgan fingerprint density at radius 3 is 2.65 bits per heavy atom. The van der Waals surface area contributed by atoms with Gasteiger partial charge in [0.05, 0.1) is 6.61 Å². The largest absolute Gasteiger partial charge is 0.462 e. The first-order chi connectivity index (χ1) is 7.91. The summed E-state index contributed by atoms with van der Waals surface area (Å²) in [7, 11) is 0. The van der Waals surface area contributed by atoms with Crippen molar-refractivity contribution < 1.29 is 18.3 Å². The number of halogens is 3. The number of hydrogen-bond acceptors (Lipinski definition) is 3. The summed E-state index contributed by atoms with van der Waals surface area (Å²) >= 11 is 3.11. The van der Waals surface area contributed by atoms with Crippen LogP contribution in [0.4, 0.5) is 8.78 Å². The van der Waals surface area contributed by atoms with Crippen LogP contribution in [0.1, 0.15) is 18.5 Å². The van der Waals surface area contributed by atoms with Crippen molar-refractivity contribution >= 4 is 21.9 Å². The third kappa shape index (κ3) is 3.01. The highest BCUT2D eigenvalue weighted by molar-refractivity contribution is 9.10. The lowest BCUT2D eigenvalue weighted by atomic mass is 10.0. The monoisotopic (exact) mass is 307 g/mol. The average Bonchev–Trinajstić information content (AvgIpc) is 2.29. The number of benzene rings is 1. The molecule has 0 unspecified atom stereocenters. The standard InChI is InChI=1S/C11H12BrF2NO2/c1-2-17-10(16)11(13,14)9(15)7-5-3-4-6-8(7)12/h3-6,9H,2,15H2,1H3/t9-/m1/s1.